The molecule has 50 heavy (non-hydrogen) atoms. The number of carbonyl (C=O) groups is 2. The second kappa shape index (κ2) is 15.0. The molecule has 11 heteroatoms. The molecule has 3 aromatic rings. The number of aliphatic hydroxyl groups is 2. The highest BCUT2D eigenvalue weighted by Crippen LogP contribution is 2.59. The summed E-state index contributed by atoms with van der Waals surface area (Å²) in [6.07, 6.45) is 1.93. The van der Waals surface area contributed by atoms with Gasteiger partial charge in [-0.05, 0) is 119 Å². The van der Waals surface area contributed by atoms with E-state index in [-0.39, 0.29) is 42.3 Å². The fraction of sp³-hybridized carbons (Fsp3) is 0.487. The van der Waals surface area contributed by atoms with Crippen LogP contribution in [0.1, 0.15) is 105 Å². The number of amides is 2. The van der Waals surface area contributed by atoms with Crippen LogP contribution in [0.5, 0.6) is 5.75 Å². The van der Waals surface area contributed by atoms with Gasteiger partial charge in [-0.1, -0.05) is 42.8 Å². The normalized spacial score (nSPS) is 24.3. The Bertz CT molecular complexity index is 1670. The van der Waals surface area contributed by atoms with Crippen LogP contribution in [0.15, 0.2) is 76.9 Å². The molecule has 0 spiro atoms. The van der Waals surface area contributed by atoms with E-state index in [2.05, 4.69) is 16.1 Å². The number of ketones is 1. The Balaban J connectivity index is 1.54. The van der Waals surface area contributed by atoms with E-state index >= 15 is 0 Å². The molecule has 1 aromatic heterocycles. The summed E-state index contributed by atoms with van der Waals surface area (Å²) < 4.78 is 47.9. The van der Waals surface area contributed by atoms with Crippen molar-refractivity contribution in [2.24, 2.45) is 5.41 Å². The zero-order chi connectivity index (χ0) is 36.3. The average Bonchev–Trinajstić information content (AvgIpc) is 3.66. The van der Waals surface area contributed by atoms with Crippen molar-refractivity contribution in [3.63, 3.8) is 0 Å². The quantitative estimate of drug-likeness (QED) is 0.162. The smallest absolute Gasteiger partial charge is 0.461 e. The maximum atomic E-state index is 13.9. The molecule has 0 unspecified atom stereocenters. The van der Waals surface area contributed by atoms with Crippen molar-refractivity contribution in [1.82, 2.24) is 10.2 Å². The van der Waals surface area contributed by atoms with E-state index in [0.717, 1.165) is 16.7 Å². The van der Waals surface area contributed by atoms with Gasteiger partial charge in [0, 0.05) is 23.6 Å². The second-order valence-electron chi connectivity index (χ2n) is 14.4. The van der Waals surface area contributed by atoms with Crippen LogP contribution in [-0.2, 0) is 13.0 Å². The first-order valence-electron chi connectivity index (χ1n) is 17.2. The van der Waals surface area contributed by atoms with E-state index in [4.69, 9.17) is 4.42 Å². The van der Waals surface area contributed by atoms with Gasteiger partial charge < -0.3 is 29.6 Å². The van der Waals surface area contributed by atoms with Crippen molar-refractivity contribution in [2.45, 2.75) is 109 Å². The van der Waals surface area contributed by atoms with Crippen LogP contribution in [-0.4, -0.2) is 57.6 Å². The van der Waals surface area contributed by atoms with Gasteiger partial charge in [-0.25, -0.2) is 4.79 Å². The highest BCUT2D eigenvalue weighted by molar-refractivity contribution is 6.08. The number of furan rings is 1. The van der Waals surface area contributed by atoms with Crippen LogP contribution in [0.4, 0.5) is 18.0 Å². The summed E-state index contributed by atoms with van der Waals surface area (Å²) in [6.45, 7) is 7.71. The number of carbonyl (C=O) groups excluding carboxylic acids is 2. The lowest BCUT2D eigenvalue weighted by Crippen LogP contribution is -2.55. The predicted molar refractivity (Wildman–Crippen MR) is 183 cm³/mol. The zero-order valence-electron chi connectivity index (χ0n) is 29.1. The number of nitrogens with zero attached hydrogens (tertiary/aromatic N) is 1. The van der Waals surface area contributed by atoms with Crippen molar-refractivity contribution in [1.29, 1.82) is 0 Å². The third-order valence-electron chi connectivity index (χ3n) is 10.3. The number of allylic oxidation sites excluding steroid dienone is 2. The summed E-state index contributed by atoms with van der Waals surface area (Å²) in [7, 11) is 0. The lowest BCUT2D eigenvalue weighted by molar-refractivity contribution is -0.274. The number of rotatable bonds is 8. The van der Waals surface area contributed by atoms with Gasteiger partial charge in [0.1, 0.15) is 5.75 Å². The predicted octanol–water partition coefficient (Wildman–Crippen LogP) is 8.07. The molecule has 0 saturated heterocycles. The summed E-state index contributed by atoms with van der Waals surface area (Å²) in [5.74, 6) is -0.724. The first-order chi connectivity index (χ1) is 23.6. The average molecular weight is 697 g/mol. The number of hydrogen-bond acceptors (Lipinski definition) is 6. The number of nitrogens with one attached hydrogen (secondary N) is 1. The van der Waals surface area contributed by atoms with E-state index in [1.54, 1.807) is 12.1 Å². The molecular formula is C39H47F3N2O6. The van der Waals surface area contributed by atoms with E-state index in [1.807, 2.05) is 45.9 Å². The number of benzene rings is 2. The third-order valence-corrected chi connectivity index (χ3v) is 10.3. The maximum absolute atomic E-state index is 13.9. The van der Waals surface area contributed by atoms with E-state index in [0.29, 0.717) is 56.1 Å². The molecule has 3 aliphatic carbocycles. The number of hydrogen-bond donors (Lipinski definition) is 3. The maximum Gasteiger partial charge on any atom is 0.573 e. The topological polar surface area (TPSA) is 112 Å². The molecule has 3 N–H and O–H groups in total. The molecule has 2 aromatic carbocycles. The Kier molecular flexibility index (Phi) is 11.2. The first-order valence-corrected chi connectivity index (χ1v) is 17.2. The minimum atomic E-state index is -4.83. The monoisotopic (exact) mass is 696 g/mol. The van der Waals surface area contributed by atoms with E-state index in [9.17, 15) is 33.0 Å². The van der Waals surface area contributed by atoms with Crippen molar-refractivity contribution in [3.05, 3.63) is 101 Å². The van der Waals surface area contributed by atoms with Crippen LogP contribution >= 0.6 is 0 Å². The van der Waals surface area contributed by atoms with Gasteiger partial charge >= 0.3 is 12.4 Å². The molecule has 3 aliphatic rings. The zero-order valence-corrected chi connectivity index (χ0v) is 29.1. The number of ether oxygens (including phenoxy) is 1. The number of alkyl halides is 3. The van der Waals surface area contributed by atoms with Gasteiger partial charge in [0.2, 0.25) is 5.78 Å². The van der Waals surface area contributed by atoms with Gasteiger partial charge in [0.15, 0.2) is 5.76 Å². The Hall–Kier alpha value is -4.09. The van der Waals surface area contributed by atoms with Crippen LogP contribution in [0, 0.1) is 5.41 Å². The molecule has 4 atom stereocenters. The lowest BCUT2D eigenvalue weighted by atomic mass is 9.64. The molecule has 1 fully saturated rings. The number of aliphatic hydroxyl groups excluding tert-OH is 1. The fourth-order valence-electron chi connectivity index (χ4n) is 7.61. The highest BCUT2D eigenvalue weighted by atomic mass is 19.4. The van der Waals surface area contributed by atoms with Gasteiger partial charge in [-0.3, -0.25) is 4.79 Å². The Labute approximate surface area is 291 Å². The van der Waals surface area contributed by atoms with Gasteiger partial charge in [-0.2, -0.15) is 0 Å². The lowest BCUT2D eigenvalue weighted by Gasteiger charge is -2.46. The molecular weight excluding hydrogens is 649 g/mol. The van der Waals surface area contributed by atoms with Gasteiger partial charge in [0.05, 0.1) is 24.5 Å². The third kappa shape index (κ3) is 8.61. The molecule has 0 radical (unpaired) electrons. The van der Waals surface area contributed by atoms with Crippen molar-refractivity contribution >= 4 is 11.8 Å². The van der Waals surface area contributed by atoms with E-state index in [1.165, 1.54) is 35.4 Å². The largest absolute Gasteiger partial charge is 0.573 e. The second-order valence-corrected chi connectivity index (χ2v) is 14.4. The molecule has 2 bridgehead atoms. The summed E-state index contributed by atoms with van der Waals surface area (Å²) in [5.41, 5.74) is 1.56. The Morgan fingerprint density at radius 3 is 2.50 bits per heavy atom. The van der Waals surface area contributed by atoms with Crippen LogP contribution in [0.2, 0.25) is 0 Å². The van der Waals surface area contributed by atoms with Crippen LogP contribution in [0.25, 0.3) is 0 Å². The number of fused-ring (bicyclic) bond motifs is 8. The van der Waals surface area contributed by atoms with Gasteiger partial charge in [0.25, 0.3) is 0 Å². The summed E-state index contributed by atoms with van der Waals surface area (Å²) in [4.78, 5) is 29.1. The first kappa shape index (κ1) is 37.2. The SMILES string of the molecule is CC1=CCC[C@@]2(C)[C@@H](CC[C@@]2(O)CN(Cc2ccc(OC(F)(F)F)cc2)C(=O)NC(C)C)c2ccc(cc2C(=O)c2ccco2)C[C@@H](O)CC1. The van der Waals surface area contributed by atoms with Crippen molar-refractivity contribution in [2.75, 3.05) is 6.54 Å². The Morgan fingerprint density at radius 2 is 1.84 bits per heavy atom. The fourth-order valence-corrected chi connectivity index (χ4v) is 7.61. The van der Waals surface area contributed by atoms with E-state index < -0.39 is 29.5 Å². The molecule has 0 aliphatic heterocycles. The summed E-state index contributed by atoms with van der Waals surface area (Å²) >= 11 is 0. The van der Waals surface area contributed by atoms with Gasteiger partial charge in [-0.15, -0.1) is 13.2 Å². The number of urea groups is 1. The van der Waals surface area contributed by atoms with Crippen LogP contribution < -0.4 is 10.1 Å². The van der Waals surface area contributed by atoms with Crippen LogP contribution in [0.3, 0.4) is 0 Å². The molecule has 8 nitrogen and oxygen atoms in total. The highest BCUT2D eigenvalue weighted by Gasteiger charge is 2.57. The molecule has 1 saturated carbocycles. The minimum absolute atomic E-state index is 0.0339. The minimum Gasteiger partial charge on any atom is -0.461 e. The van der Waals surface area contributed by atoms with Crippen molar-refractivity contribution < 1.29 is 42.1 Å². The molecule has 6 rings (SSSR count). The summed E-state index contributed by atoms with van der Waals surface area (Å²) in [5, 5.41) is 26.5. The molecule has 1 heterocycles. The summed E-state index contributed by atoms with van der Waals surface area (Å²) in [6, 6.07) is 13.7. The Morgan fingerprint density at radius 1 is 1.10 bits per heavy atom. The molecule has 270 valence electrons. The van der Waals surface area contributed by atoms with Crippen molar-refractivity contribution in [3.8, 4) is 5.75 Å². The standard InChI is InChI=1S/C39H47F3N2O6/c1-25(2)43-36(47)44(23-27-10-14-30(15-11-27)50-39(40,41)42)24-38(48)19-17-33-31-16-12-28(22-32(31)35(46)34-8-6-20-49-34)21-29(45)13-9-26(3)7-5-18-37(33,38)4/h6-8,10-12,14-16,20,22,25,29,33,45,48H,5,9,13,17-19,21,23-24H2,1-4H3,(H,43,47)/t29-,33-,37-,38+/m0/s1. The number of halogens is 3. The molecule has 2 amide bonds.